The molecule has 0 saturated carbocycles. The Morgan fingerprint density at radius 3 is 2.52 bits per heavy atom. The number of hydrazone groups is 1. The van der Waals surface area contributed by atoms with E-state index in [1.165, 1.54) is 0 Å². The van der Waals surface area contributed by atoms with Gasteiger partial charge in [0, 0.05) is 12.7 Å². The van der Waals surface area contributed by atoms with Crippen molar-refractivity contribution in [3.05, 3.63) is 60.2 Å². The number of para-hydroxylation sites is 1. The van der Waals surface area contributed by atoms with E-state index in [0.717, 1.165) is 11.3 Å². The van der Waals surface area contributed by atoms with Crippen LogP contribution in [0.1, 0.15) is 5.56 Å². The third-order valence-electron chi connectivity index (χ3n) is 2.65. The molecule has 0 aliphatic carbocycles. The summed E-state index contributed by atoms with van der Waals surface area (Å²) in [5.41, 5.74) is 4.38. The molecule has 1 amide bonds. The van der Waals surface area contributed by atoms with Crippen LogP contribution in [-0.4, -0.2) is 25.8 Å². The van der Waals surface area contributed by atoms with E-state index >= 15 is 0 Å². The second kappa shape index (κ2) is 7.69. The van der Waals surface area contributed by atoms with E-state index in [2.05, 4.69) is 15.8 Å². The van der Waals surface area contributed by atoms with Gasteiger partial charge in [-0.15, -0.1) is 0 Å². The van der Waals surface area contributed by atoms with Crippen LogP contribution in [0, 0.1) is 0 Å². The predicted octanol–water partition coefficient (Wildman–Crippen LogP) is 2.26. The zero-order valence-electron chi connectivity index (χ0n) is 11.7. The van der Waals surface area contributed by atoms with E-state index in [-0.39, 0.29) is 12.5 Å². The van der Waals surface area contributed by atoms with Gasteiger partial charge >= 0.3 is 0 Å². The van der Waals surface area contributed by atoms with Crippen LogP contribution >= 0.6 is 0 Å². The average Bonchev–Trinajstić information content (AvgIpc) is 2.53. The third-order valence-corrected chi connectivity index (χ3v) is 2.65. The summed E-state index contributed by atoms with van der Waals surface area (Å²) in [6.45, 7) is -0.0289. The van der Waals surface area contributed by atoms with Crippen LogP contribution in [0.3, 0.4) is 0 Å². The molecule has 108 valence electrons. The molecule has 5 nitrogen and oxygen atoms in total. The topological polar surface area (TPSA) is 62.7 Å². The maximum Gasteiger partial charge on any atom is 0.262 e. The quantitative estimate of drug-likeness (QED) is 0.631. The first-order valence-electron chi connectivity index (χ1n) is 6.55. The molecule has 0 aromatic heterocycles. The van der Waals surface area contributed by atoms with Crippen LogP contribution in [0.2, 0.25) is 0 Å². The molecular formula is C16H17N3O2. The van der Waals surface area contributed by atoms with Crippen molar-refractivity contribution in [2.75, 3.05) is 19.0 Å². The van der Waals surface area contributed by atoms with Crippen molar-refractivity contribution in [2.45, 2.75) is 0 Å². The number of nitrogens with zero attached hydrogens (tertiary/aromatic N) is 1. The van der Waals surface area contributed by atoms with Crippen LogP contribution in [0.4, 0.5) is 5.69 Å². The number of nitrogens with one attached hydrogen (secondary N) is 2. The lowest BCUT2D eigenvalue weighted by molar-refractivity contribution is -0.118. The van der Waals surface area contributed by atoms with Gasteiger partial charge in [-0.2, -0.15) is 5.10 Å². The molecule has 0 bridgehead atoms. The highest BCUT2D eigenvalue weighted by Crippen LogP contribution is 2.11. The van der Waals surface area contributed by atoms with Gasteiger partial charge in [0.05, 0.1) is 6.21 Å². The largest absolute Gasteiger partial charge is 0.484 e. The van der Waals surface area contributed by atoms with Gasteiger partial charge in [0.1, 0.15) is 5.75 Å². The Morgan fingerprint density at radius 1 is 1.14 bits per heavy atom. The molecule has 2 N–H and O–H groups in total. The minimum absolute atomic E-state index is 0.0289. The first-order valence-corrected chi connectivity index (χ1v) is 6.55. The standard InChI is InChI=1S/C16H17N3O2/c1-17-18-11-13-7-9-15(10-8-13)21-12-16(20)19-14-5-3-2-4-6-14/h2-11,17H,12H2,1H3,(H,19,20). The Balaban J connectivity index is 1.82. The van der Waals surface area contributed by atoms with E-state index in [9.17, 15) is 4.79 Å². The normalized spacial score (nSPS) is 10.3. The van der Waals surface area contributed by atoms with Gasteiger partial charge < -0.3 is 15.5 Å². The van der Waals surface area contributed by atoms with Crippen molar-refractivity contribution in [3.8, 4) is 5.75 Å². The Hall–Kier alpha value is -2.82. The van der Waals surface area contributed by atoms with Gasteiger partial charge in [0.25, 0.3) is 5.91 Å². The minimum atomic E-state index is -0.193. The zero-order valence-corrected chi connectivity index (χ0v) is 11.7. The average molecular weight is 283 g/mol. The number of rotatable bonds is 6. The lowest BCUT2D eigenvalue weighted by Gasteiger charge is -2.07. The molecule has 0 radical (unpaired) electrons. The van der Waals surface area contributed by atoms with Gasteiger partial charge in [0.2, 0.25) is 0 Å². The van der Waals surface area contributed by atoms with Crippen molar-refractivity contribution in [2.24, 2.45) is 5.10 Å². The van der Waals surface area contributed by atoms with Crippen LogP contribution in [-0.2, 0) is 4.79 Å². The molecule has 2 aromatic rings. The Morgan fingerprint density at radius 2 is 1.86 bits per heavy atom. The Labute approximate surface area is 123 Å². The number of benzene rings is 2. The summed E-state index contributed by atoms with van der Waals surface area (Å²) >= 11 is 0. The van der Waals surface area contributed by atoms with E-state index in [1.807, 2.05) is 42.5 Å². The van der Waals surface area contributed by atoms with Crippen LogP contribution in [0.15, 0.2) is 59.7 Å². The summed E-state index contributed by atoms with van der Waals surface area (Å²) in [5, 5.41) is 6.67. The monoisotopic (exact) mass is 283 g/mol. The van der Waals surface area contributed by atoms with Crippen LogP contribution in [0.25, 0.3) is 0 Å². The summed E-state index contributed by atoms with van der Waals surface area (Å²) in [6.07, 6.45) is 1.70. The highest BCUT2D eigenvalue weighted by molar-refractivity contribution is 5.91. The highest BCUT2D eigenvalue weighted by atomic mass is 16.5. The minimum Gasteiger partial charge on any atom is -0.484 e. The van der Waals surface area contributed by atoms with Crippen LogP contribution in [0.5, 0.6) is 5.75 Å². The maximum atomic E-state index is 11.7. The summed E-state index contributed by atoms with van der Waals surface area (Å²) in [7, 11) is 1.74. The zero-order chi connectivity index (χ0) is 14.9. The molecule has 0 fully saturated rings. The molecule has 2 aromatic carbocycles. The molecular weight excluding hydrogens is 266 g/mol. The summed E-state index contributed by atoms with van der Waals surface area (Å²) in [6, 6.07) is 16.6. The van der Waals surface area contributed by atoms with E-state index in [4.69, 9.17) is 4.74 Å². The van der Waals surface area contributed by atoms with E-state index < -0.39 is 0 Å². The fourth-order valence-electron chi connectivity index (χ4n) is 1.66. The van der Waals surface area contributed by atoms with Crippen molar-refractivity contribution in [1.29, 1.82) is 0 Å². The number of amides is 1. The lowest BCUT2D eigenvalue weighted by Crippen LogP contribution is -2.20. The lowest BCUT2D eigenvalue weighted by atomic mass is 10.2. The maximum absolute atomic E-state index is 11.7. The van der Waals surface area contributed by atoms with Gasteiger partial charge in [-0.1, -0.05) is 18.2 Å². The number of anilines is 1. The number of carbonyl (C=O) groups excluding carboxylic acids is 1. The van der Waals surface area contributed by atoms with Gasteiger partial charge in [-0.05, 0) is 42.0 Å². The second-order valence-corrected chi connectivity index (χ2v) is 4.25. The Bertz CT molecular complexity index is 595. The molecule has 5 heteroatoms. The van der Waals surface area contributed by atoms with Crippen molar-refractivity contribution in [3.63, 3.8) is 0 Å². The molecule has 0 saturated heterocycles. The second-order valence-electron chi connectivity index (χ2n) is 4.25. The number of carbonyl (C=O) groups is 1. The number of hydrogen-bond acceptors (Lipinski definition) is 4. The van der Waals surface area contributed by atoms with E-state index in [0.29, 0.717) is 5.75 Å². The Kier molecular flexibility index (Phi) is 5.34. The molecule has 0 aliphatic heterocycles. The highest BCUT2D eigenvalue weighted by Gasteiger charge is 2.03. The smallest absolute Gasteiger partial charge is 0.262 e. The van der Waals surface area contributed by atoms with Gasteiger partial charge in [-0.3, -0.25) is 4.79 Å². The summed E-state index contributed by atoms with van der Waals surface area (Å²) in [4.78, 5) is 11.7. The summed E-state index contributed by atoms with van der Waals surface area (Å²) in [5.74, 6) is 0.446. The third kappa shape index (κ3) is 4.99. The van der Waals surface area contributed by atoms with E-state index in [1.54, 1.807) is 25.4 Å². The fourth-order valence-corrected chi connectivity index (χ4v) is 1.66. The molecule has 2 rings (SSSR count). The van der Waals surface area contributed by atoms with Crippen molar-refractivity contribution < 1.29 is 9.53 Å². The molecule has 0 heterocycles. The van der Waals surface area contributed by atoms with Gasteiger partial charge in [0.15, 0.2) is 6.61 Å². The first-order chi connectivity index (χ1) is 10.3. The SMILES string of the molecule is CNN=Cc1ccc(OCC(=O)Nc2ccccc2)cc1. The molecule has 0 unspecified atom stereocenters. The molecule has 21 heavy (non-hydrogen) atoms. The molecule has 0 spiro atoms. The fraction of sp³-hybridized carbons (Fsp3) is 0.125. The van der Waals surface area contributed by atoms with Crippen LogP contribution < -0.4 is 15.5 Å². The van der Waals surface area contributed by atoms with Crippen molar-refractivity contribution >= 4 is 17.8 Å². The van der Waals surface area contributed by atoms with Gasteiger partial charge in [-0.25, -0.2) is 0 Å². The van der Waals surface area contributed by atoms with Crippen molar-refractivity contribution in [1.82, 2.24) is 5.43 Å². The summed E-state index contributed by atoms with van der Waals surface area (Å²) < 4.78 is 5.43. The number of ether oxygens (including phenoxy) is 1. The molecule has 0 aliphatic rings. The molecule has 0 atom stereocenters. The predicted molar refractivity (Wildman–Crippen MR) is 83.7 cm³/mol. The number of hydrogen-bond donors (Lipinski definition) is 2. The first kappa shape index (κ1) is 14.6.